The Bertz CT molecular complexity index is 778. The van der Waals surface area contributed by atoms with Crippen molar-refractivity contribution in [2.75, 3.05) is 25.6 Å². The fourth-order valence-electron chi connectivity index (χ4n) is 2.86. The van der Waals surface area contributed by atoms with E-state index < -0.39 is 0 Å². The van der Waals surface area contributed by atoms with Crippen molar-refractivity contribution in [2.24, 2.45) is 0 Å². The predicted molar refractivity (Wildman–Crippen MR) is 119 cm³/mol. The van der Waals surface area contributed by atoms with Gasteiger partial charge in [0.15, 0.2) is 18.1 Å². The lowest BCUT2D eigenvalue weighted by Crippen LogP contribution is -2.20. The van der Waals surface area contributed by atoms with Crippen molar-refractivity contribution >= 4 is 23.2 Å². The third-order valence-corrected chi connectivity index (χ3v) is 4.90. The maximum absolute atomic E-state index is 12.2. The van der Waals surface area contributed by atoms with E-state index in [2.05, 4.69) is 17.6 Å². The zero-order valence-electron chi connectivity index (χ0n) is 17.5. The van der Waals surface area contributed by atoms with Gasteiger partial charge in [-0.3, -0.25) is 4.79 Å². The van der Waals surface area contributed by atoms with Gasteiger partial charge in [0, 0.05) is 23.3 Å². The normalized spacial score (nSPS) is 10.6. The number of carbonyl (C=O) groups excluding carboxylic acids is 1. The molecule has 158 valence electrons. The number of hydrogen-bond acceptors (Lipinski definition) is 4. The quantitative estimate of drug-likeness (QED) is 0.456. The number of halogens is 1. The summed E-state index contributed by atoms with van der Waals surface area (Å²) in [5.74, 6) is 0.758. The predicted octanol–water partition coefficient (Wildman–Crippen LogP) is 5.34. The topological polar surface area (TPSA) is 59.6 Å². The second-order valence-electron chi connectivity index (χ2n) is 7.03. The lowest BCUT2D eigenvalue weighted by Gasteiger charge is -2.14. The molecule has 2 aromatic rings. The molecule has 2 N–H and O–H groups in total. The van der Waals surface area contributed by atoms with E-state index >= 15 is 0 Å². The van der Waals surface area contributed by atoms with E-state index in [1.54, 1.807) is 13.2 Å². The SMILES string of the molecule is CCCCCCNCc1cc(OC)c(OCC(=O)Nc2ccc(C)cc2)cc1Cl. The molecular weight excluding hydrogens is 388 g/mol. The maximum atomic E-state index is 12.2. The van der Waals surface area contributed by atoms with E-state index in [-0.39, 0.29) is 12.5 Å². The summed E-state index contributed by atoms with van der Waals surface area (Å²) in [6, 6.07) is 11.2. The van der Waals surface area contributed by atoms with Crippen LogP contribution in [0.2, 0.25) is 5.02 Å². The van der Waals surface area contributed by atoms with E-state index in [1.165, 1.54) is 19.3 Å². The Balaban J connectivity index is 1.88. The lowest BCUT2D eigenvalue weighted by molar-refractivity contribution is -0.118. The maximum Gasteiger partial charge on any atom is 0.262 e. The number of unbranched alkanes of at least 4 members (excludes halogenated alkanes) is 3. The largest absolute Gasteiger partial charge is 0.493 e. The first-order chi connectivity index (χ1) is 14.0. The van der Waals surface area contributed by atoms with Crippen LogP contribution in [0.5, 0.6) is 11.5 Å². The summed E-state index contributed by atoms with van der Waals surface area (Å²) >= 11 is 6.40. The van der Waals surface area contributed by atoms with E-state index in [1.807, 2.05) is 37.3 Å². The van der Waals surface area contributed by atoms with Crippen LogP contribution in [0.3, 0.4) is 0 Å². The number of benzene rings is 2. The molecule has 1 amide bonds. The minimum atomic E-state index is -0.246. The molecule has 0 bridgehead atoms. The van der Waals surface area contributed by atoms with Crippen molar-refractivity contribution in [3.8, 4) is 11.5 Å². The van der Waals surface area contributed by atoms with E-state index in [0.717, 1.165) is 29.8 Å². The summed E-state index contributed by atoms with van der Waals surface area (Å²) in [6.07, 6.45) is 4.88. The van der Waals surface area contributed by atoms with Crippen LogP contribution >= 0.6 is 11.6 Å². The highest BCUT2D eigenvalue weighted by atomic mass is 35.5. The van der Waals surface area contributed by atoms with Crippen LogP contribution in [0.1, 0.15) is 43.7 Å². The molecule has 0 atom stereocenters. The van der Waals surface area contributed by atoms with Crippen molar-refractivity contribution in [1.82, 2.24) is 5.32 Å². The fourth-order valence-corrected chi connectivity index (χ4v) is 3.08. The molecule has 0 heterocycles. The number of hydrogen-bond donors (Lipinski definition) is 2. The summed E-state index contributed by atoms with van der Waals surface area (Å²) in [6.45, 7) is 5.69. The molecule has 0 aliphatic rings. The monoisotopic (exact) mass is 418 g/mol. The number of carbonyl (C=O) groups is 1. The number of amides is 1. The first kappa shape index (κ1) is 23.0. The Labute approximate surface area is 178 Å². The van der Waals surface area contributed by atoms with Crippen molar-refractivity contribution in [3.63, 3.8) is 0 Å². The van der Waals surface area contributed by atoms with Crippen molar-refractivity contribution in [3.05, 3.63) is 52.5 Å². The number of rotatable bonds is 12. The van der Waals surface area contributed by atoms with E-state index in [9.17, 15) is 4.79 Å². The minimum Gasteiger partial charge on any atom is -0.493 e. The number of ether oxygens (including phenoxy) is 2. The Morgan fingerprint density at radius 2 is 1.83 bits per heavy atom. The number of anilines is 1. The summed E-state index contributed by atoms with van der Waals surface area (Å²) in [5, 5.41) is 6.80. The van der Waals surface area contributed by atoms with Gasteiger partial charge < -0.3 is 20.1 Å². The smallest absolute Gasteiger partial charge is 0.262 e. The van der Waals surface area contributed by atoms with Crippen molar-refractivity contribution in [2.45, 2.75) is 46.1 Å². The number of aryl methyl sites for hydroxylation is 1. The number of nitrogens with one attached hydrogen (secondary N) is 2. The average molecular weight is 419 g/mol. The first-order valence-electron chi connectivity index (χ1n) is 10.1. The Morgan fingerprint density at radius 1 is 1.07 bits per heavy atom. The number of methoxy groups -OCH3 is 1. The van der Waals surface area contributed by atoms with Gasteiger partial charge in [-0.2, -0.15) is 0 Å². The lowest BCUT2D eigenvalue weighted by atomic mass is 10.1. The zero-order chi connectivity index (χ0) is 21.1. The Kier molecular flexibility index (Phi) is 9.81. The highest BCUT2D eigenvalue weighted by molar-refractivity contribution is 6.31. The third-order valence-electron chi connectivity index (χ3n) is 4.55. The van der Waals surface area contributed by atoms with Gasteiger partial charge in [0.1, 0.15) is 0 Å². The van der Waals surface area contributed by atoms with Crippen LogP contribution in [0.25, 0.3) is 0 Å². The Hall–Kier alpha value is -2.24. The van der Waals surface area contributed by atoms with Crippen molar-refractivity contribution in [1.29, 1.82) is 0 Å². The zero-order valence-corrected chi connectivity index (χ0v) is 18.3. The van der Waals surface area contributed by atoms with Crippen LogP contribution in [0.4, 0.5) is 5.69 Å². The Morgan fingerprint density at radius 3 is 2.52 bits per heavy atom. The van der Waals surface area contributed by atoms with Gasteiger partial charge in [0.2, 0.25) is 0 Å². The molecule has 29 heavy (non-hydrogen) atoms. The van der Waals surface area contributed by atoms with E-state index in [4.69, 9.17) is 21.1 Å². The summed E-state index contributed by atoms with van der Waals surface area (Å²) in [7, 11) is 1.57. The van der Waals surface area contributed by atoms with Gasteiger partial charge in [-0.15, -0.1) is 0 Å². The van der Waals surface area contributed by atoms with Crippen molar-refractivity contribution < 1.29 is 14.3 Å². The minimum absolute atomic E-state index is 0.129. The highest BCUT2D eigenvalue weighted by Gasteiger charge is 2.12. The molecule has 0 saturated carbocycles. The molecule has 0 saturated heterocycles. The van der Waals surface area contributed by atoms with Crippen LogP contribution in [0.15, 0.2) is 36.4 Å². The molecule has 5 nitrogen and oxygen atoms in total. The summed E-state index contributed by atoms with van der Waals surface area (Å²) in [4.78, 5) is 12.2. The molecule has 0 spiro atoms. The molecule has 2 rings (SSSR count). The van der Waals surface area contributed by atoms with Gasteiger partial charge in [0.05, 0.1) is 7.11 Å². The summed E-state index contributed by atoms with van der Waals surface area (Å²) in [5.41, 5.74) is 2.80. The van der Waals surface area contributed by atoms with Gasteiger partial charge in [0.25, 0.3) is 5.91 Å². The van der Waals surface area contributed by atoms with Gasteiger partial charge in [-0.1, -0.05) is 55.5 Å². The molecule has 2 aromatic carbocycles. The van der Waals surface area contributed by atoms with Gasteiger partial charge in [-0.05, 0) is 43.7 Å². The second-order valence-corrected chi connectivity index (χ2v) is 7.44. The molecule has 0 aliphatic carbocycles. The average Bonchev–Trinajstić information content (AvgIpc) is 2.71. The van der Waals surface area contributed by atoms with E-state index in [0.29, 0.717) is 23.1 Å². The molecule has 0 aliphatic heterocycles. The van der Waals surface area contributed by atoms with Crippen LogP contribution in [0, 0.1) is 6.92 Å². The first-order valence-corrected chi connectivity index (χ1v) is 10.5. The molecule has 0 unspecified atom stereocenters. The molecule has 0 fully saturated rings. The van der Waals surface area contributed by atoms with Crippen LogP contribution in [-0.4, -0.2) is 26.2 Å². The highest BCUT2D eigenvalue weighted by Crippen LogP contribution is 2.33. The second kappa shape index (κ2) is 12.3. The summed E-state index contributed by atoms with van der Waals surface area (Å²) < 4.78 is 11.1. The third kappa shape index (κ3) is 7.95. The molecule has 0 radical (unpaired) electrons. The fraction of sp³-hybridized carbons (Fsp3) is 0.435. The molecule has 6 heteroatoms. The standard InChI is InChI=1S/C23H31ClN2O3/c1-4-5-6-7-12-25-15-18-13-21(28-3)22(14-20(18)24)29-16-23(27)26-19-10-8-17(2)9-11-19/h8-11,13-14,25H,4-7,12,15-16H2,1-3H3,(H,26,27). The van der Waals surface area contributed by atoms with Gasteiger partial charge in [-0.25, -0.2) is 0 Å². The molecule has 0 aromatic heterocycles. The molecular formula is C23H31ClN2O3. The van der Waals surface area contributed by atoms with Gasteiger partial charge >= 0.3 is 0 Å². The van der Waals surface area contributed by atoms with Crippen LogP contribution < -0.4 is 20.1 Å². The van der Waals surface area contributed by atoms with Crippen LogP contribution in [-0.2, 0) is 11.3 Å².